The molecule has 1 unspecified atom stereocenters. The highest BCUT2D eigenvalue weighted by atomic mass is 35.5. The molecule has 0 aromatic heterocycles. The first-order valence-electron chi connectivity index (χ1n) is 5.50. The Morgan fingerprint density at radius 3 is 2.26 bits per heavy atom. The van der Waals surface area contributed by atoms with Crippen LogP contribution in [0.1, 0.15) is 31.4 Å². The van der Waals surface area contributed by atoms with Gasteiger partial charge in [0.2, 0.25) is 5.91 Å². The van der Waals surface area contributed by atoms with Crippen molar-refractivity contribution in [3.05, 3.63) is 29.8 Å². The summed E-state index contributed by atoms with van der Waals surface area (Å²) in [6.45, 7) is 1.82. The predicted octanol–water partition coefficient (Wildman–Crippen LogP) is 3.41. The maximum Gasteiger partial charge on any atom is 0.389 e. The van der Waals surface area contributed by atoms with Crippen molar-refractivity contribution in [1.29, 1.82) is 0 Å². The molecule has 1 rings (SSSR count). The van der Waals surface area contributed by atoms with Gasteiger partial charge in [-0.1, -0.05) is 12.1 Å². The number of hydrogen-bond donors (Lipinski definition) is 2. The minimum Gasteiger partial charge on any atom is -0.326 e. The standard InChI is InChI=1S/C12H15F3N2O.ClH/c1-8(16)9-2-4-10(5-3-9)17-11(18)6-7-12(13,14)15;/h2-5,8H,6-7,16H2,1H3,(H,17,18);1H. The maximum absolute atomic E-state index is 11.9. The van der Waals surface area contributed by atoms with Gasteiger partial charge in [-0.3, -0.25) is 4.79 Å². The fraction of sp³-hybridized carbons (Fsp3) is 0.417. The number of rotatable bonds is 4. The van der Waals surface area contributed by atoms with Gasteiger partial charge in [-0.15, -0.1) is 12.4 Å². The Hall–Kier alpha value is -1.27. The Morgan fingerprint density at radius 1 is 1.32 bits per heavy atom. The Morgan fingerprint density at radius 2 is 1.84 bits per heavy atom. The number of benzene rings is 1. The van der Waals surface area contributed by atoms with Crippen molar-refractivity contribution in [2.24, 2.45) is 5.73 Å². The van der Waals surface area contributed by atoms with E-state index in [-0.39, 0.29) is 18.4 Å². The number of nitrogens with one attached hydrogen (secondary N) is 1. The smallest absolute Gasteiger partial charge is 0.326 e. The molecule has 1 aromatic rings. The van der Waals surface area contributed by atoms with Crippen LogP contribution in [0.5, 0.6) is 0 Å². The number of carbonyl (C=O) groups excluding carboxylic acids is 1. The largest absolute Gasteiger partial charge is 0.389 e. The van der Waals surface area contributed by atoms with Crippen molar-refractivity contribution >= 4 is 24.0 Å². The van der Waals surface area contributed by atoms with Crippen LogP contribution in [0.2, 0.25) is 0 Å². The number of halogens is 4. The van der Waals surface area contributed by atoms with Crippen LogP contribution in [0.4, 0.5) is 18.9 Å². The second-order valence-electron chi connectivity index (χ2n) is 4.07. The molecule has 0 radical (unpaired) electrons. The van der Waals surface area contributed by atoms with Crippen molar-refractivity contribution in [2.75, 3.05) is 5.32 Å². The van der Waals surface area contributed by atoms with Crippen molar-refractivity contribution in [3.8, 4) is 0 Å². The van der Waals surface area contributed by atoms with Crippen LogP contribution in [0.3, 0.4) is 0 Å². The molecule has 0 spiro atoms. The van der Waals surface area contributed by atoms with Crippen LogP contribution in [0.25, 0.3) is 0 Å². The van der Waals surface area contributed by atoms with E-state index in [0.29, 0.717) is 5.69 Å². The molecule has 1 amide bonds. The molecule has 0 fully saturated rings. The third-order valence-electron chi connectivity index (χ3n) is 2.36. The molecular formula is C12H16ClF3N2O. The minimum absolute atomic E-state index is 0. The first-order chi connectivity index (χ1) is 8.28. The van der Waals surface area contributed by atoms with E-state index in [4.69, 9.17) is 5.73 Å². The molecule has 0 aliphatic rings. The van der Waals surface area contributed by atoms with E-state index in [9.17, 15) is 18.0 Å². The Bertz CT molecular complexity index is 404. The number of alkyl halides is 3. The zero-order valence-electron chi connectivity index (χ0n) is 10.3. The van der Waals surface area contributed by atoms with Crippen molar-refractivity contribution < 1.29 is 18.0 Å². The second-order valence-corrected chi connectivity index (χ2v) is 4.07. The highest BCUT2D eigenvalue weighted by Crippen LogP contribution is 2.22. The number of carbonyl (C=O) groups is 1. The molecule has 1 atom stereocenters. The first-order valence-corrected chi connectivity index (χ1v) is 5.50. The summed E-state index contributed by atoms with van der Waals surface area (Å²) in [4.78, 5) is 11.2. The normalized spacial score (nSPS) is 12.5. The minimum atomic E-state index is -4.31. The first kappa shape index (κ1) is 17.7. The van der Waals surface area contributed by atoms with Gasteiger partial charge in [0, 0.05) is 18.2 Å². The van der Waals surface area contributed by atoms with Crippen LogP contribution >= 0.6 is 12.4 Å². The summed E-state index contributed by atoms with van der Waals surface area (Å²) < 4.78 is 35.7. The summed E-state index contributed by atoms with van der Waals surface area (Å²) >= 11 is 0. The van der Waals surface area contributed by atoms with Gasteiger partial charge in [-0.2, -0.15) is 13.2 Å². The van der Waals surface area contributed by atoms with Gasteiger partial charge in [-0.05, 0) is 24.6 Å². The quantitative estimate of drug-likeness (QED) is 0.894. The van der Waals surface area contributed by atoms with Gasteiger partial charge in [0.05, 0.1) is 6.42 Å². The number of amides is 1. The molecule has 0 bridgehead atoms. The summed E-state index contributed by atoms with van der Waals surface area (Å²) in [7, 11) is 0. The molecule has 3 nitrogen and oxygen atoms in total. The number of anilines is 1. The van der Waals surface area contributed by atoms with Crippen molar-refractivity contribution in [1.82, 2.24) is 0 Å². The van der Waals surface area contributed by atoms with E-state index >= 15 is 0 Å². The van der Waals surface area contributed by atoms with Crippen LogP contribution in [-0.4, -0.2) is 12.1 Å². The average molecular weight is 297 g/mol. The van der Waals surface area contributed by atoms with E-state index in [2.05, 4.69) is 5.32 Å². The summed E-state index contributed by atoms with van der Waals surface area (Å²) in [5.41, 5.74) is 7.00. The molecule has 1 aromatic carbocycles. The van der Waals surface area contributed by atoms with Gasteiger partial charge in [0.25, 0.3) is 0 Å². The van der Waals surface area contributed by atoms with E-state index in [1.165, 1.54) is 0 Å². The third-order valence-corrected chi connectivity index (χ3v) is 2.36. The van der Waals surface area contributed by atoms with Gasteiger partial charge in [-0.25, -0.2) is 0 Å². The summed E-state index contributed by atoms with van der Waals surface area (Å²) in [5, 5.41) is 2.40. The maximum atomic E-state index is 11.9. The summed E-state index contributed by atoms with van der Waals surface area (Å²) in [5.74, 6) is -0.652. The SMILES string of the molecule is CC(N)c1ccc(NC(=O)CCC(F)(F)F)cc1.Cl. The molecule has 0 aliphatic carbocycles. The molecule has 0 heterocycles. The summed E-state index contributed by atoms with van der Waals surface area (Å²) in [6.07, 6.45) is -5.99. The number of nitrogens with two attached hydrogens (primary N) is 1. The Balaban J connectivity index is 0.00000324. The molecule has 108 valence electrons. The molecule has 0 aliphatic heterocycles. The lowest BCUT2D eigenvalue weighted by molar-refractivity contribution is -0.142. The monoisotopic (exact) mass is 296 g/mol. The average Bonchev–Trinajstić information content (AvgIpc) is 2.26. The van der Waals surface area contributed by atoms with Crippen LogP contribution in [0, 0.1) is 0 Å². The van der Waals surface area contributed by atoms with Gasteiger partial charge in [0.15, 0.2) is 0 Å². The lowest BCUT2D eigenvalue weighted by Gasteiger charge is -2.09. The molecule has 3 N–H and O–H groups in total. The fourth-order valence-electron chi connectivity index (χ4n) is 1.35. The summed E-state index contributed by atoms with van der Waals surface area (Å²) in [6, 6.07) is 6.56. The molecule has 7 heteroatoms. The Kier molecular flexibility index (Phi) is 6.86. The van der Waals surface area contributed by atoms with Gasteiger partial charge in [0.1, 0.15) is 0 Å². The number of hydrogen-bond acceptors (Lipinski definition) is 2. The van der Waals surface area contributed by atoms with Crippen LogP contribution in [0.15, 0.2) is 24.3 Å². The molecule has 0 saturated carbocycles. The topological polar surface area (TPSA) is 55.1 Å². The third kappa shape index (κ3) is 7.03. The van der Waals surface area contributed by atoms with E-state index in [1.807, 2.05) is 6.92 Å². The zero-order chi connectivity index (χ0) is 13.8. The highest BCUT2D eigenvalue weighted by molar-refractivity contribution is 5.90. The molecular weight excluding hydrogens is 281 g/mol. The van der Waals surface area contributed by atoms with Crippen molar-refractivity contribution in [3.63, 3.8) is 0 Å². The molecule has 19 heavy (non-hydrogen) atoms. The lowest BCUT2D eigenvalue weighted by atomic mass is 10.1. The van der Waals surface area contributed by atoms with E-state index in [0.717, 1.165) is 5.56 Å². The van der Waals surface area contributed by atoms with E-state index < -0.39 is 24.9 Å². The van der Waals surface area contributed by atoms with Crippen molar-refractivity contribution in [2.45, 2.75) is 32.0 Å². The van der Waals surface area contributed by atoms with Gasteiger partial charge >= 0.3 is 6.18 Å². The van der Waals surface area contributed by atoms with Crippen LogP contribution < -0.4 is 11.1 Å². The molecule has 0 saturated heterocycles. The zero-order valence-corrected chi connectivity index (χ0v) is 11.1. The highest BCUT2D eigenvalue weighted by Gasteiger charge is 2.27. The predicted molar refractivity (Wildman–Crippen MR) is 70.2 cm³/mol. The fourth-order valence-corrected chi connectivity index (χ4v) is 1.35. The second kappa shape index (κ2) is 7.35. The van der Waals surface area contributed by atoms with Crippen LogP contribution in [-0.2, 0) is 4.79 Å². The lowest BCUT2D eigenvalue weighted by Crippen LogP contribution is -2.16. The van der Waals surface area contributed by atoms with Gasteiger partial charge < -0.3 is 11.1 Å². The Labute approximate surface area is 115 Å². The van der Waals surface area contributed by atoms with E-state index in [1.54, 1.807) is 24.3 Å².